The summed E-state index contributed by atoms with van der Waals surface area (Å²) in [6.07, 6.45) is 9.02. The van der Waals surface area contributed by atoms with E-state index >= 15 is 0 Å². The smallest absolute Gasteiger partial charge is 0.311 e. The fraction of sp³-hybridized carbons (Fsp3) is 0.594. The fourth-order valence-corrected chi connectivity index (χ4v) is 9.90. The van der Waals surface area contributed by atoms with Gasteiger partial charge in [0.05, 0.1) is 29.2 Å². The highest BCUT2D eigenvalue weighted by Gasteiger charge is 2.75. The Morgan fingerprint density at radius 1 is 1.02 bits per heavy atom. The number of benzene rings is 1. The third kappa shape index (κ3) is 4.71. The number of ether oxygens (including phenoxy) is 1. The van der Waals surface area contributed by atoms with Gasteiger partial charge in [0.25, 0.3) is 0 Å². The van der Waals surface area contributed by atoms with E-state index in [0.29, 0.717) is 13.0 Å². The second-order valence-corrected chi connectivity index (χ2v) is 15.5. The van der Waals surface area contributed by atoms with Gasteiger partial charge in [0.2, 0.25) is 11.8 Å². The number of fused-ring (bicyclic) bond motifs is 2. The predicted molar refractivity (Wildman–Crippen MR) is 156 cm³/mol. The van der Waals surface area contributed by atoms with Crippen LogP contribution in [0.15, 0.2) is 54.6 Å². The zero-order chi connectivity index (χ0) is 29.1. The SMILES string of the molecule is CC(C)(C)CC(C)(C)N1CC=C[C@]23S[C@@]4(C)C=CCOC(=O)[C@H]4[C@H]2C(=O)N([C@@H](CO)Cc2ccccc2)C3C1=O. The highest BCUT2D eigenvalue weighted by atomic mass is 32.2. The normalized spacial score (nSPS) is 32.8. The van der Waals surface area contributed by atoms with Gasteiger partial charge in [-0.2, -0.15) is 0 Å². The first-order chi connectivity index (χ1) is 18.7. The van der Waals surface area contributed by atoms with E-state index < -0.39 is 44.9 Å². The molecule has 8 heteroatoms. The van der Waals surface area contributed by atoms with E-state index in [4.69, 9.17) is 4.74 Å². The minimum atomic E-state index is -0.967. The molecule has 40 heavy (non-hydrogen) atoms. The van der Waals surface area contributed by atoms with E-state index in [1.165, 1.54) is 11.8 Å². The summed E-state index contributed by atoms with van der Waals surface area (Å²) in [5, 5.41) is 10.7. The minimum absolute atomic E-state index is 0.0243. The van der Waals surface area contributed by atoms with Crippen molar-refractivity contribution in [3.05, 3.63) is 60.2 Å². The third-order valence-electron chi connectivity index (χ3n) is 8.86. The maximum atomic E-state index is 14.8. The van der Waals surface area contributed by atoms with Crippen LogP contribution in [0, 0.1) is 17.3 Å². The van der Waals surface area contributed by atoms with Crippen LogP contribution in [0.5, 0.6) is 0 Å². The summed E-state index contributed by atoms with van der Waals surface area (Å²) in [6, 6.07) is 8.23. The molecule has 7 nitrogen and oxygen atoms in total. The first-order valence-corrected chi connectivity index (χ1v) is 15.1. The molecule has 0 radical (unpaired) electrons. The van der Waals surface area contributed by atoms with E-state index in [1.807, 2.05) is 66.5 Å². The summed E-state index contributed by atoms with van der Waals surface area (Å²) >= 11 is 1.53. The van der Waals surface area contributed by atoms with E-state index in [1.54, 1.807) is 4.90 Å². The molecule has 0 saturated carbocycles. The van der Waals surface area contributed by atoms with Crippen LogP contribution in [0.25, 0.3) is 0 Å². The Hall–Kier alpha value is -2.58. The highest BCUT2D eigenvalue weighted by Crippen LogP contribution is 2.66. The number of aliphatic hydroxyl groups is 1. The molecule has 2 fully saturated rings. The summed E-state index contributed by atoms with van der Waals surface area (Å²) < 4.78 is 3.87. The molecule has 0 aromatic heterocycles. The van der Waals surface area contributed by atoms with Crippen LogP contribution in [0.1, 0.15) is 53.5 Å². The summed E-state index contributed by atoms with van der Waals surface area (Å²) in [5.74, 6) is -2.32. The van der Waals surface area contributed by atoms with Crippen molar-refractivity contribution in [2.45, 2.75) is 81.5 Å². The first kappa shape index (κ1) is 28.9. The van der Waals surface area contributed by atoms with Crippen LogP contribution in [0.3, 0.4) is 0 Å². The number of esters is 1. The Kier molecular flexibility index (Phi) is 7.27. The van der Waals surface area contributed by atoms with E-state index in [9.17, 15) is 19.5 Å². The molecule has 1 unspecified atom stereocenters. The van der Waals surface area contributed by atoms with E-state index in [2.05, 4.69) is 34.6 Å². The van der Waals surface area contributed by atoms with Crippen LogP contribution in [0.4, 0.5) is 0 Å². The number of thioether (sulfide) groups is 1. The number of rotatable bonds is 6. The number of amides is 2. The minimum Gasteiger partial charge on any atom is -0.461 e. The van der Waals surface area contributed by atoms with Gasteiger partial charge in [0.15, 0.2) is 0 Å². The third-order valence-corrected chi connectivity index (χ3v) is 10.7. The summed E-state index contributed by atoms with van der Waals surface area (Å²) in [7, 11) is 0. The first-order valence-electron chi connectivity index (χ1n) is 14.2. The van der Waals surface area contributed by atoms with Crippen molar-refractivity contribution in [2.24, 2.45) is 17.3 Å². The Labute approximate surface area is 242 Å². The average Bonchev–Trinajstić information content (AvgIpc) is 3.12. The van der Waals surface area contributed by atoms with Crippen molar-refractivity contribution in [3.8, 4) is 0 Å². The second kappa shape index (κ2) is 10.1. The topological polar surface area (TPSA) is 87.2 Å². The van der Waals surface area contributed by atoms with Crippen molar-refractivity contribution >= 4 is 29.5 Å². The Balaban J connectivity index is 1.65. The Bertz CT molecular complexity index is 1240. The molecule has 5 rings (SSSR count). The number of hydrogen-bond acceptors (Lipinski definition) is 6. The molecule has 216 valence electrons. The fourth-order valence-electron chi connectivity index (χ4n) is 7.76. The van der Waals surface area contributed by atoms with Crippen molar-refractivity contribution in [2.75, 3.05) is 19.8 Å². The van der Waals surface area contributed by atoms with Gasteiger partial charge in [-0.1, -0.05) is 69.3 Å². The quantitative estimate of drug-likeness (QED) is 0.414. The molecule has 4 aliphatic heterocycles. The molecule has 4 aliphatic rings. The molecular formula is C32H42N2O5S. The van der Waals surface area contributed by atoms with Gasteiger partial charge in [-0.05, 0) is 50.7 Å². The van der Waals surface area contributed by atoms with E-state index in [0.717, 1.165) is 12.0 Å². The molecule has 4 heterocycles. The lowest BCUT2D eigenvalue weighted by Gasteiger charge is -2.45. The lowest BCUT2D eigenvalue weighted by atomic mass is 9.74. The number of nitrogens with zero attached hydrogens (tertiary/aromatic N) is 2. The number of hydrogen-bond donors (Lipinski definition) is 1. The van der Waals surface area contributed by atoms with Crippen LogP contribution in [-0.4, -0.2) is 79.6 Å². The van der Waals surface area contributed by atoms with Crippen molar-refractivity contribution in [3.63, 3.8) is 0 Å². The number of cyclic esters (lactones) is 1. The van der Waals surface area contributed by atoms with E-state index in [-0.39, 0.29) is 30.4 Å². The monoisotopic (exact) mass is 566 g/mol. The second-order valence-electron chi connectivity index (χ2n) is 13.7. The zero-order valence-electron chi connectivity index (χ0n) is 24.4. The van der Waals surface area contributed by atoms with Gasteiger partial charge in [0.1, 0.15) is 12.6 Å². The predicted octanol–water partition coefficient (Wildman–Crippen LogP) is 4.00. The average molecular weight is 567 g/mol. The van der Waals surface area contributed by atoms with Crippen LogP contribution in [0.2, 0.25) is 0 Å². The summed E-state index contributed by atoms with van der Waals surface area (Å²) in [6.45, 7) is 12.9. The molecule has 2 amide bonds. The number of likely N-dealkylation sites (tertiary alicyclic amines) is 1. The Morgan fingerprint density at radius 3 is 2.38 bits per heavy atom. The van der Waals surface area contributed by atoms with Crippen LogP contribution in [-0.2, 0) is 25.5 Å². The molecule has 0 bridgehead atoms. The molecular weight excluding hydrogens is 524 g/mol. The molecule has 0 aliphatic carbocycles. The van der Waals surface area contributed by atoms with Gasteiger partial charge in [-0.15, -0.1) is 11.8 Å². The number of carbonyl (C=O) groups excluding carboxylic acids is 3. The molecule has 2 saturated heterocycles. The van der Waals surface area contributed by atoms with Crippen LogP contribution < -0.4 is 0 Å². The van der Waals surface area contributed by atoms with Gasteiger partial charge in [-0.3, -0.25) is 14.4 Å². The van der Waals surface area contributed by atoms with Crippen LogP contribution >= 0.6 is 11.8 Å². The lowest BCUT2D eigenvalue weighted by molar-refractivity contribution is -0.153. The number of aliphatic hydroxyl groups excluding tert-OH is 1. The van der Waals surface area contributed by atoms with Gasteiger partial charge < -0.3 is 19.6 Å². The molecule has 1 aromatic carbocycles. The maximum Gasteiger partial charge on any atom is 0.311 e. The molecule has 1 aromatic rings. The summed E-state index contributed by atoms with van der Waals surface area (Å²) in [5.41, 5.74) is 0.461. The van der Waals surface area contributed by atoms with Crippen molar-refractivity contribution in [1.29, 1.82) is 0 Å². The molecule has 1 spiro atoms. The highest BCUT2D eigenvalue weighted by molar-refractivity contribution is 8.02. The van der Waals surface area contributed by atoms with Gasteiger partial charge in [-0.25, -0.2) is 0 Å². The zero-order valence-corrected chi connectivity index (χ0v) is 25.2. The Morgan fingerprint density at radius 2 is 1.73 bits per heavy atom. The van der Waals surface area contributed by atoms with Gasteiger partial charge in [0, 0.05) is 16.8 Å². The summed E-state index contributed by atoms with van der Waals surface area (Å²) in [4.78, 5) is 46.4. The number of carbonyl (C=O) groups is 3. The standard InChI is InChI=1S/C32H42N2O5S/c1-29(2,3)20-30(4,5)33-16-10-15-32-23(24-28(38)39-17-11-14-31(24,6)40-32)26(36)34(25(32)27(33)37)22(19-35)18-21-12-8-7-9-13-21/h7-15,22-25,35H,16-20H2,1-6H3/t22-,23+,24-,25?,31+,32+/m1/s1. The lowest BCUT2D eigenvalue weighted by Crippen LogP contribution is -2.61. The largest absolute Gasteiger partial charge is 0.461 e. The maximum absolute atomic E-state index is 14.8. The molecule has 6 atom stereocenters. The molecule has 1 N–H and O–H groups in total. The van der Waals surface area contributed by atoms with Crippen molar-refractivity contribution < 1.29 is 24.2 Å². The van der Waals surface area contributed by atoms with Crippen molar-refractivity contribution in [1.82, 2.24) is 9.80 Å². The van der Waals surface area contributed by atoms with Gasteiger partial charge >= 0.3 is 5.97 Å².